The van der Waals surface area contributed by atoms with E-state index in [1.165, 1.54) is 4.74 Å². The molecule has 0 bridgehead atoms. The second-order valence-corrected chi connectivity index (χ2v) is 8.74. The van der Waals surface area contributed by atoms with Crippen molar-refractivity contribution in [1.29, 1.82) is 0 Å². The van der Waals surface area contributed by atoms with Gasteiger partial charge in [-0.05, 0) is 6.42 Å². The lowest BCUT2D eigenvalue weighted by molar-refractivity contribution is -0.568. The summed E-state index contributed by atoms with van der Waals surface area (Å²) < 4.78 is 235. The Balaban J connectivity index is 4.94. The van der Waals surface area contributed by atoms with Gasteiger partial charge in [0.2, 0.25) is 0 Å². The summed E-state index contributed by atoms with van der Waals surface area (Å²) in [6, 6.07) is 0. The minimum atomic E-state index is -7.66. The third kappa shape index (κ3) is 12.9. The number of ether oxygens (including phenoxy) is 5. The van der Waals surface area contributed by atoms with Gasteiger partial charge >= 0.3 is 48.8 Å². The van der Waals surface area contributed by atoms with Crippen LogP contribution in [0.25, 0.3) is 0 Å². The topological polar surface area (TPSA) is 46.2 Å². The lowest BCUT2D eigenvalue weighted by Crippen LogP contribution is -2.61. The molecule has 0 N–H and O–H groups in total. The monoisotopic (exact) mass is 682 g/mol. The summed E-state index contributed by atoms with van der Waals surface area (Å²) in [7, 11) is 0. The fraction of sp³-hybridized carbons (Fsp3) is 1.00. The quantitative estimate of drug-likeness (QED) is 0.0796. The molecule has 43 heavy (non-hydrogen) atoms. The van der Waals surface area contributed by atoms with Crippen molar-refractivity contribution in [3.8, 4) is 0 Å². The molecule has 0 atom stereocenters. The van der Waals surface area contributed by atoms with Gasteiger partial charge in [0.05, 0.1) is 13.2 Å². The predicted octanol–water partition coefficient (Wildman–Crippen LogP) is 8.96. The molecule has 0 spiro atoms. The molecule has 0 saturated heterocycles. The summed E-state index contributed by atoms with van der Waals surface area (Å²) in [5, 5.41) is 0. The molecule has 5 nitrogen and oxygen atoms in total. The number of alkyl halides is 17. The second-order valence-electron chi connectivity index (χ2n) is 8.74. The van der Waals surface area contributed by atoms with Gasteiger partial charge in [-0.15, -0.1) is 0 Å². The summed E-state index contributed by atoms with van der Waals surface area (Å²) >= 11 is 0. The molecule has 260 valence electrons. The molecule has 0 aliphatic carbocycles. The fourth-order valence-electron chi connectivity index (χ4n) is 2.75. The Morgan fingerprint density at radius 3 is 1.21 bits per heavy atom. The Morgan fingerprint density at radius 1 is 0.395 bits per heavy atom. The van der Waals surface area contributed by atoms with E-state index in [2.05, 4.69) is 16.4 Å². The maximum absolute atomic E-state index is 13.5. The van der Waals surface area contributed by atoms with E-state index in [0.29, 0.717) is 6.42 Å². The summed E-state index contributed by atoms with van der Waals surface area (Å²) in [5.41, 5.74) is 0. The van der Waals surface area contributed by atoms with Crippen LogP contribution in [0.15, 0.2) is 0 Å². The van der Waals surface area contributed by atoms with Gasteiger partial charge in [0.1, 0.15) is 6.61 Å². The summed E-state index contributed by atoms with van der Waals surface area (Å²) in [6.45, 7) is -1.28. The number of unbranched alkanes of at least 4 members (excludes halogenated alkanes) is 7. The largest absolute Gasteiger partial charge is 0.462 e. The maximum atomic E-state index is 13.5. The van der Waals surface area contributed by atoms with Crippen LogP contribution >= 0.6 is 0 Å². The van der Waals surface area contributed by atoms with Gasteiger partial charge in [0, 0.05) is 6.61 Å². The molecule has 0 aliphatic rings. The molecule has 22 heteroatoms. The Bertz CT molecular complexity index is 805. The molecular formula is C21H27F17O5. The molecule has 0 aromatic rings. The van der Waals surface area contributed by atoms with Crippen LogP contribution in [-0.4, -0.2) is 75.2 Å². The zero-order valence-corrected chi connectivity index (χ0v) is 22.0. The number of hydrogen-bond donors (Lipinski definition) is 0. The van der Waals surface area contributed by atoms with Gasteiger partial charge in [0.25, 0.3) is 0 Å². The highest BCUT2D eigenvalue weighted by Gasteiger charge is 2.80. The predicted molar refractivity (Wildman–Crippen MR) is 108 cm³/mol. The molecule has 0 unspecified atom stereocenters. The normalized spacial score (nSPS) is 14.9. The van der Waals surface area contributed by atoms with Crippen LogP contribution in [0.2, 0.25) is 0 Å². The van der Waals surface area contributed by atoms with Crippen LogP contribution in [0.5, 0.6) is 0 Å². The second kappa shape index (κ2) is 15.7. The first-order valence-corrected chi connectivity index (χ1v) is 12.2. The molecule has 0 saturated carbocycles. The van der Waals surface area contributed by atoms with Crippen molar-refractivity contribution < 1.29 is 98.3 Å². The van der Waals surface area contributed by atoms with Crippen LogP contribution < -0.4 is 0 Å². The molecule has 0 radical (unpaired) electrons. The molecule has 0 heterocycles. The van der Waals surface area contributed by atoms with E-state index < -0.39 is 68.6 Å². The highest BCUT2D eigenvalue weighted by atomic mass is 19.4. The third-order valence-electron chi connectivity index (χ3n) is 4.97. The molecule has 0 fully saturated rings. The average Bonchev–Trinajstić information content (AvgIpc) is 2.79. The highest BCUT2D eigenvalue weighted by molar-refractivity contribution is 4.87. The molecule has 0 rings (SSSR count). The summed E-state index contributed by atoms with van der Waals surface area (Å²) in [5.74, 6) is -7.66. The Hall–Kier alpha value is -1.39. The van der Waals surface area contributed by atoms with Gasteiger partial charge < -0.3 is 9.47 Å². The van der Waals surface area contributed by atoms with Gasteiger partial charge in [-0.25, -0.2) is 14.2 Å². The van der Waals surface area contributed by atoms with Crippen molar-refractivity contribution in [3.05, 3.63) is 0 Å². The third-order valence-corrected chi connectivity index (χ3v) is 4.97. The van der Waals surface area contributed by atoms with Gasteiger partial charge in [-0.1, -0.05) is 51.9 Å². The van der Waals surface area contributed by atoms with Crippen molar-refractivity contribution in [3.63, 3.8) is 0 Å². The summed E-state index contributed by atoms with van der Waals surface area (Å²) in [6.07, 6.45) is -42.6. The minimum Gasteiger partial charge on any atom is -0.379 e. The van der Waals surface area contributed by atoms with E-state index in [1.54, 1.807) is 4.74 Å². The van der Waals surface area contributed by atoms with Crippen LogP contribution in [-0.2, 0) is 23.7 Å². The van der Waals surface area contributed by atoms with E-state index in [-0.39, 0.29) is 6.61 Å². The zero-order chi connectivity index (χ0) is 34.0. The first-order chi connectivity index (χ1) is 19.2. The van der Waals surface area contributed by atoms with Crippen molar-refractivity contribution in [1.82, 2.24) is 0 Å². The van der Waals surface area contributed by atoms with Gasteiger partial charge in [-0.3, -0.25) is 0 Å². The van der Waals surface area contributed by atoms with E-state index in [9.17, 15) is 74.6 Å². The van der Waals surface area contributed by atoms with Gasteiger partial charge in [-0.2, -0.15) is 74.6 Å². The highest BCUT2D eigenvalue weighted by Crippen LogP contribution is 2.53. The van der Waals surface area contributed by atoms with Crippen LogP contribution in [0.3, 0.4) is 0 Å². The van der Waals surface area contributed by atoms with E-state index in [0.717, 1.165) is 44.9 Å². The van der Waals surface area contributed by atoms with Crippen molar-refractivity contribution in [2.75, 3.05) is 26.4 Å². The van der Waals surface area contributed by atoms with Crippen molar-refractivity contribution in [2.45, 2.75) is 107 Å². The molecule has 0 amide bonds. The first-order valence-electron chi connectivity index (χ1n) is 12.2. The van der Waals surface area contributed by atoms with Crippen LogP contribution in [0.1, 0.15) is 58.3 Å². The Kier molecular flexibility index (Phi) is 15.2. The summed E-state index contributed by atoms with van der Waals surface area (Å²) in [4.78, 5) is 0. The molecule has 0 aliphatic heterocycles. The number of rotatable bonds is 23. The molecular weight excluding hydrogens is 655 g/mol. The Morgan fingerprint density at radius 2 is 0.767 bits per heavy atom. The Labute approximate surface area is 232 Å². The standard InChI is InChI=1S/C21H27F17O5/c1-2-3-4-5-6-7-8-9-10-39-11-12-40-13-14(22,23)41-18(31,32)19(33,34)43-21(37,38)20(35,36)42-17(29,30)15(24,25)16(26,27)28/h2-13H2,1H3. The first kappa shape index (κ1) is 41.6. The van der Waals surface area contributed by atoms with Crippen LogP contribution in [0.4, 0.5) is 74.6 Å². The lowest BCUT2D eigenvalue weighted by Gasteiger charge is -2.35. The van der Waals surface area contributed by atoms with Gasteiger partial charge in [0.15, 0.2) is 0 Å². The molecule has 0 aromatic carbocycles. The lowest BCUT2D eigenvalue weighted by atomic mass is 10.1. The fourth-order valence-corrected chi connectivity index (χ4v) is 2.75. The van der Waals surface area contributed by atoms with Crippen molar-refractivity contribution in [2.24, 2.45) is 0 Å². The zero-order valence-electron chi connectivity index (χ0n) is 22.0. The molecule has 0 aromatic heterocycles. The van der Waals surface area contributed by atoms with Crippen molar-refractivity contribution >= 4 is 0 Å². The minimum absolute atomic E-state index is 0.134. The smallest absolute Gasteiger partial charge is 0.379 e. The average molecular weight is 682 g/mol. The number of halogens is 17. The number of hydrogen-bond acceptors (Lipinski definition) is 5. The maximum Gasteiger partial charge on any atom is 0.462 e. The van der Waals surface area contributed by atoms with E-state index in [1.807, 2.05) is 0 Å². The SMILES string of the molecule is CCCCCCCCCCOCCOCC(F)(F)OC(F)(F)C(F)(F)OC(F)(F)C(F)(F)OC(F)(F)C(F)(F)C(F)(F)F. The van der Waals surface area contributed by atoms with E-state index >= 15 is 0 Å². The van der Waals surface area contributed by atoms with E-state index in [4.69, 9.17) is 4.74 Å². The van der Waals surface area contributed by atoms with Crippen LogP contribution in [0, 0.1) is 0 Å².